The Labute approximate surface area is 166 Å². The highest BCUT2D eigenvalue weighted by Crippen LogP contribution is 2.12. The molecule has 152 valence electrons. The fourth-order valence-corrected chi connectivity index (χ4v) is 3.36. The molecule has 28 heavy (non-hydrogen) atoms. The van der Waals surface area contributed by atoms with Gasteiger partial charge in [-0.1, -0.05) is 12.1 Å². The number of rotatable bonds is 6. The van der Waals surface area contributed by atoms with Crippen molar-refractivity contribution in [1.29, 1.82) is 0 Å². The van der Waals surface area contributed by atoms with Crippen molar-refractivity contribution in [2.75, 3.05) is 45.9 Å². The van der Waals surface area contributed by atoms with E-state index >= 15 is 0 Å². The molecule has 1 aliphatic rings. The third-order valence-corrected chi connectivity index (χ3v) is 4.79. The zero-order chi connectivity index (χ0) is 19.8. The maximum atomic E-state index is 11.8. The number of aromatic nitrogens is 2. The number of guanidine groups is 1. The van der Waals surface area contributed by atoms with E-state index in [1.165, 1.54) is 0 Å². The average Bonchev–Trinajstić information content (AvgIpc) is 3.14. The molecule has 1 N–H and O–H groups in total. The van der Waals surface area contributed by atoms with Crippen LogP contribution < -0.4 is 5.32 Å². The molecular formula is C20H30N6O2. The number of nitrogens with one attached hydrogen (secondary N) is 1. The largest absolute Gasteiger partial charge is 0.450 e. The van der Waals surface area contributed by atoms with Gasteiger partial charge in [-0.05, 0) is 32.4 Å². The molecule has 1 amide bonds. The fourth-order valence-electron chi connectivity index (χ4n) is 3.36. The van der Waals surface area contributed by atoms with Gasteiger partial charge in [0.1, 0.15) is 0 Å². The van der Waals surface area contributed by atoms with Crippen LogP contribution in [0.4, 0.5) is 4.79 Å². The number of amides is 1. The summed E-state index contributed by atoms with van der Waals surface area (Å²) >= 11 is 0. The first kappa shape index (κ1) is 20.0. The van der Waals surface area contributed by atoms with E-state index in [4.69, 9.17) is 9.73 Å². The number of imidazole rings is 1. The molecule has 2 heterocycles. The maximum absolute atomic E-state index is 11.8. The van der Waals surface area contributed by atoms with Crippen LogP contribution in [0, 0.1) is 0 Å². The van der Waals surface area contributed by atoms with Crippen molar-refractivity contribution in [3.63, 3.8) is 0 Å². The number of fused-ring (bicyclic) bond motifs is 1. The maximum Gasteiger partial charge on any atom is 0.409 e. The standard InChI is InChI=1S/C20H30N6O2/c1-3-21-19(24-12-14-25(15-13-24)20(27)28-4-2)22-10-7-11-26-16-23-17-8-5-6-9-18(17)26/h5-6,8-9,16H,3-4,7,10-15H2,1-2H3,(H,21,22). The van der Waals surface area contributed by atoms with Crippen molar-refractivity contribution >= 4 is 23.1 Å². The van der Waals surface area contributed by atoms with Crippen molar-refractivity contribution < 1.29 is 9.53 Å². The number of carbonyl (C=O) groups is 1. The topological polar surface area (TPSA) is 75.0 Å². The van der Waals surface area contributed by atoms with Gasteiger partial charge in [-0.25, -0.2) is 9.78 Å². The summed E-state index contributed by atoms with van der Waals surface area (Å²) in [6, 6.07) is 8.17. The van der Waals surface area contributed by atoms with Gasteiger partial charge in [-0.2, -0.15) is 0 Å². The summed E-state index contributed by atoms with van der Waals surface area (Å²) in [5.74, 6) is 0.918. The SMILES string of the molecule is CCNC(=NCCCn1cnc2ccccc21)N1CCN(C(=O)OCC)CC1. The molecule has 2 aromatic rings. The van der Waals surface area contributed by atoms with Gasteiger partial charge in [0.25, 0.3) is 0 Å². The minimum Gasteiger partial charge on any atom is -0.450 e. The van der Waals surface area contributed by atoms with Crippen LogP contribution in [0.25, 0.3) is 11.0 Å². The van der Waals surface area contributed by atoms with Gasteiger partial charge in [0.2, 0.25) is 0 Å². The highest BCUT2D eigenvalue weighted by Gasteiger charge is 2.23. The number of aryl methyl sites for hydroxylation is 1. The van der Waals surface area contributed by atoms with Crippen molar-refractivity contribution in [2.24, 2.45) is 4.99 Å². The molecule has 1 fully saturated rings. The Morgan fingerprint density at radius 2 is 1.93 bits per heavy atom. The minimum atomic E-state index is -0.225. The summed E-state index contributed by atoms with van der Waals surface area (Å²) in [5, 5.41) is 3.37. The Balaban J connectivity index is 1.51. The van der Waals surface area contributed by atoms with E-state index in [-0.39, 0.29) is 6.09 Å². The van der Waals surface area contributed by atoms with Gasteiger partial charge in [0.15, 0.2) is 5.96 Å². The summed E-state index contributed by atoms with van der Waals surface area (Å²) in [7, 11) is 0. The van der Waals surface area contributed by atoms with E-state index in [1.54, 1.807) is 4.90 Å². The van der Waals surface area contributed by atoms with Crippen molar-refractivity contribution in [3.05, 3.63) is 30.6 Å². The monoisotopic (exact) mass is 386 g/mol. The van der Waals surface area contributed by atoms with Gasteiger partial charge < -0.3 is 24.4 Å². The van der Waals surface area contributed by atoms with Crippen molar-refractivity contribution in [1.82, 2.24) is 24.7 Å². The molecule has 3 rings (SSSR count). The fraction of sp³-hybridized carbons (Fsp3) is 0.550. The quantitative estimate of drug-likeness (QED) is 0.468. The normalized spacial score (nSPS) is 15.1. The summed E-state index contributed by atoms with van der Waals surface area (Å²) < 4.78 is 7.26. The minimum absolute atomic E-state index is 0.225. The molecule has 0 unspecified atom stereocenters. The number of piperazine rings is 1. The van der Waals surface area contributed by atoms with Gasteiger partial charge >= 0.3 is 6.09 Å². The molecule has 1 saturated heterocycles. The van der Waals surface area contributed by atoms with Crippen molar-refractivity contribution in [3.8, 4) is 0 Å². The molecule has 1 aromatic carbocycles. The number of aliphatic imine (C=N–C) groups is 1. The summed E-state index contributed by atoms with van der Waals surface area (Å²) in [4.78, 5) is 25.0. The highest BCUT2D eigenvalue weighted by atomic mass is 16.6. The van der Waals surface area contributed by atoms with Gasteiger partial charge in [0.05, 0.1) is 24.0 Å². The lowest BCUT2D eigenvalue weighted by Gasteiger charge is -2.35. The second kappa shape index (κ2) is 9.96. The predicted molar refractivity (Wildman–Crippen MR) is 110 cm³/mol. The third kappa shape index (κ3) is 4.94. The molecular weight excluding hydrogens is 356 g/mol. The Hall–Kier alpha value is -2.77. The van der Waals surface area contributed by atoms with Crippen LogP contribution in [0.1, 0.15) is 20.3 Å². The summed E-state index contributed by atoms with van der Waals surface area (Å²) in [6.45, 7) is 9.60. The van der Waals surface area contributed by atoms with Crippen LogP contribution in [0.5, 0.6) is 0 Å². The smallest absolute Gasteiger partial charge is 0.409 e. The highest BCUT2D eigenvalue weighted by molar-refractivity contribution is 5.80. The molecule has 8 heteroatoms. The van der Waals surface area contributed by atoms with Crippen LogP contribution in [-0.2, 0) is 11.3 Å². The molecule has 0 radical (unpaired) electrons. The third-order valence-electron chi connectivity index (χ3n) is 4.79. The first-order valence-corrected chi connectivity index (χ1v) is 10.1. The Morgan fingerprint density at radius 3 is 2.68 bits per heavy atom. The van der Waals surface area contributed by atoms with E-state index in [9.17, 15) is 4.79 Å². The number of hydrogen-bond acceptors (Lipinski definition) is 4. The van der Waals surface area contributed by atoms with Gasteiger partial charge in [-0.15, -0.1) is 0 Å². The zero-order valence-corrected chi connectivity index (χ0v) is 16.8. The molecule has 0 atom stereocenters. The first-order chi connectivity index (χ1) is 13.7. The van der Waals surface area contributed by atoms with E-state index < -0.39 is 0 Å². The number of para-hydroxylation sites is 2. The van der Waals surface area contributed by atoms with Gasteiger partial charge in [0, 0.05) is 45.8 Å². The lowest BCUT2D eigenvalue weighted by atomic mass is 10.3. The summed E-state index contributed by atoms with van der Waals surface area (Å²) in [6.07, 6.45) is 2.61. The number of nitrogens with zero attached hydrogens (tertiary/aromatic N) is 5. The molecule has 1 aromatic heterocycles. The average molecular weight is 387 g/mol. The van der Waals surface area contributed by atoms with Crippen molar-refractivity contribution in [2.45, 2.75) is 26.8 Å². The van der Waals surface area contributed by atoms with Gasteiger partial charge in [-0.3, -0.25) is 4.99 Å². The lowest BCUT2D eigenvalue weighted by molar-refractivity contribution is 0.0914. The number of carbonyl (C=O) groups excluding carboxylic acids is 1. The Morgan fingerprint density at radius 1 is 1.18 bits per heavy atom. The van der Waals surface area contributed by atoms with E-state index in [0.717, 1.165) is 56.1 Å². The lowest BCUT2D eigenvalue weighted by Crippen LogP contribution is -2.53. The molecule has 8 nitrogen and oxygen atoms in total. The van der Waals surface area contributed by atoms with E-state index in [2.05, 4.69) is 32.8 Å². The second-order valence-corrected chi connectivity index (χ2v) is 6.69. The molecule has 0 aliphatic carbocycles. The molecule has 1 aliphatic heterocycles. The number of ether oxygens (including phenoxy) is 1. The molecule has 0 bridgehead atoms. The van der Waals surface area contributed by atoms with Crippen LogP contribution >= 0.6 is 0 Å². The van der Waals surface area contributed by atoms with Crippen LogP contribution in [0.2, 0.25) is 0 Å². The van der Waals surface area contributed by atoms with Crippen LogP contribution in [0.15, 0.2) is 35.6 Å². The summed E-state index contributed by atoms with van der Waals surface area (Å²) in [5.41, 5.74) is 2.19. The van der Waals surface area contributed by atoms with Crippen LogP contribution in [-0.4, -0.2) is 77.3 Å². The Kier molecular flexibility index (Phi) is 7.11. The first-order valence-electron chi connectivity index (χ1n) is 10.1. The zero-order valence-electron chi connectivity index (χ0n) is 16.8. The Bertz CT molecular complexity index is 795. The number of benzene rings is 1. The number of hydrogen-bond donors (Lipinski definition) is 1. The second-order valence-electron chi connectivity index (χ2n) is 6.69. The predicted octanol–water partition coefficient (Wildman–Crippen LogP) is 2.17. The molecule has 0 saturated carbocycles. The van der Waals surface area contributed by atoms with E-state index in [1.807, 2.05) is 31.5 Å². The van der Waals surface area contributed by atoms with Crippen LogP contribution in [0.3, 0.4) is 0 Å². The molecule has 0 spiro atoms. The van der Waals surface area contributed by atoms with E-state index in [0.29, 0.717) is 19.7 Å².